The predicted molar refractivity (Wildman–Crippen MR) is 69.7 cm³/mol. The van der Waals surface area contributed by atoms with Gasteiger partial charge in [0.25, 0.3) is 5.91 Å². The number of para-hydroxylation sites is 1. The number of benzene rings is 1. The van der Waals surface area contributed by atoms with Gasteiger partial charge in [-0.1, -0.05) is 18.2 Å². The largest absolute Gasteiger partial charge is 0.291 e. The van der Waals surface area contributed by atoms with Gasteiger partial charge in [-0.15, -0.1) is 5.10 Å². The molecule has 1 saturated carbocycles. The van der Waals surface area contributed by atoms with Gasteiger partial charge in [-0.3, -0.25) is 20.4 Å². The highest BCUT2D eigenvalue weighted by Crippen LogP contribution is 2.28. The van der Waals surface area contributed by atoms with Crippen molar-refractivity contribution in [1.29, 1.82) is 0 Å². The van der Waals surface area contributed by atoms with Gasteiger partial charge in [0.15, 0.2) is 5.69 Å². The van der Waals surface area contributed by atoms with Crippen LogP contribution in [0.5, 0.6) is 0 Å². The number of amides is 2. The fraction of sp³-hybridized carbons (Fsp3) is 0.231. The van der Waals surface area contributed by atoms with Crippen molar-refractivity contribution < 1.29 is 9.59 Å². The molecule has 0 aliphatic heterocycles. The summed E-state index contributed by atoms with van der Waals surface area (Å²) in [5.41, 5.74) is 5.61. The molecule has 7 nitrogen and oxygen atoms in total. The zero-order valence-electron chi connectivity index (χ0n) is 10.6. The third-order valence-electron chi connectivity index (χ3n) is 2.96. The number of nitrogens with zero attached hydrogens (tertiary/aromatic N) is 3. The van der Waals surface area contributed by atoms with E-state index in [4.69, 9.17) is 0 Å². The monoisotopic (exact) mass is 271 g/mol. The Bertz CT molecular complexity index is 633. The zero-order valence-corrected chi connectivity index (χ0v) is 10.6. The van der Waals surface area contributed by atoms with Crippen LogP contribution in [0.3, 0.4) is 0 Å². The van der Waals surface area contributed by atoms with Gasteiger partial charge in [-0.25, -0.2) is 0 Å². The Labute approximate surface area is 114 Å². The molecule has 1 aliphatic carbocycles. The number of nitrogens with one attached hydrogen (secondary N) is 2. The summed E-state index contributed by atoms with van der Waals surface area (Å²) >= 11 is 0. The van der Waals surface area contributed by atoms with Gasteiger partial charge in [0, 0.05) is 5.92 Å². The third-order valence-corrected chi connectivity index (χ3v) is 2.96. The van der Waals surface area contributed by atoms with Crippen molar-refractivity contribution in [3.8, 4) is 5.69 Å². The molecule has 7 heteroatoms. The lowest BCUT2D eigenvalue weighted by molar-refractivity contribution is -0.123. The minimum absolute atomic E-state index is 0.0373. The number of carbonyl (C=O) groups is 2. The summed E-state index contributed by atoms with van der Waals surface area (Å²) in [5.74, 6) is -0.606. The third kappa shape index (κ3) is 2.66. The Balaban J connectivity index is 1.64. The smallest absolute Gasteiger partial charge is 0.273 e. The Morgan fingerprint density at radius 1 is 1.15 bits per heavy atom. The second-order valence-corrected chi connectivity index (χ2v) is 4.57. The van der Waals surface area contributed by atoms with Crippen LogP contribution in [-0.4, -0.2) is 26.8 Å². The maximum absolute atomic E-state index is 11.8. The van der Waals surface area contributed by atoms with E-state index in [1.165, 1.54) is 11.0 Å². The van der Waals surface area contributed by atoms with E-state index in [0.29, 0.717) is 0 Å². The Morgan fingerprint density at radius 3 is 2.60 bits per heavy atom. The summed E-state index contributed by atoms with van der Waals surface area (Å²) in [6.45, 7) is 0. The van der Waals surface area contributed by atoms with Crippen LogP contribution in [-0.2, 0) is 4.79 Å². The van der Waals surface area contributed by atoms with Gasteiger partial charge < -0.3 is 0 Å². The first-order chi connectivity index (χ1) is 9.74. The normalized spacial score (nSPS) is 13.8. The van der Waals surface area contributed by atoms with Crippen LogP contribution in [0.1, 0.15) is 23.3 Å². The van der Waals surface area contributed by atoms with Crippen molar-refractivity contribution in [2.45, 2.75) is 12.8 Å². The first kappa shape index (κ1) is 12.3. The molecule has 2 amide bonds. The number of hydrazine groups is 1. The van der Waals surface area contributed by atoms with Crippen molar-refractivity contribution in [3.05, 3.63) is 42.2 Å². The van der Waals surface area contributed by atoms with Crippen LogP contribution in [0, 0.1) is 5.92 Å². The Morgan fingerprint density at radius 2 is 1.90 bits per heavy atom. The number of hydrogen-bond acceptors (Lipinski definition) is 4. The molecule has 2 N–H and O–H groups in total. The fourth-order valence-corrected chi connectivity index (χ4v) is 1.68. The number of rotatable bonds is 3. The summed E-state index contributed by atoms with van der Waals surface area (Å²) in [7, 11) is 0. The van der Waals surface area contributed by atoms with Crippen molar-refractivity contribution in [3.63, 3.8) is 0 Å². The standard InChI is InChI=1S/C13H13N5O2/c19-12(9-6-7-9)15-16-13(20)11-8-14-18(17-11)10-4-2-1-3-5-10/h1-5,8-9H,6-7H2,(H,15,19)(H,16,20). The van der Waals surface area contributed by atoms with E-state index in [1.54, 1.807) is 0 Å². The lowest BCUT2D eigenvalue weighted by Gasteiger charge is -2.04. The molecule has 1 aliphatic rings. The summed E-state index contributed by atoms with van der Waals surface area (Å²) in [5, 5.41) is 8.08. The SMILES string of the molecule is O=C(NNC(=O)C1CC1)c1cnn(-c2ccccc2)n1. The van der Waals surface area contributed by atoms with E-state index in [0.717, 1.165) is 18.5 Å². The minimum Gasteiger partial charge on any atom is -0.273 e. The average Bonchev–Trinajstić information content (AvgIpc) is 3.22. The van der Waals surface area contributed by atoms with E-state index < -0.39 is 5.91 Å². The molecule has 102 valence electrons. The predicted octanol–water partition coefficient (Wildman–Crippen LogP) is 0.438. The molecule has 2 aromatic rings. The molecular formula is C13H13N5O2. The lowest BCUT2D eigenvalue weighted by atomic mass is 10.3. The number of aromatic nitrogens is 3. The van der Waals surface area contributed by atoms with Gasteiger partial charge in [-0.05, 0) is 25.0 Å². The maximum atomic E-state index is 11.8. The molecule has 1 aromatic heterocycles. The van der Waals surface area contributed by atoms with Crippen molar-refractivity contribution >= 4 is 11.8 Å². The first-order valence-electron chi connectivity index (χ1n) is 6.32. The van der Waals surface area contributed by atoms with Gasteiger partial charge in [-0.2, -0.15) is 9.90 Å². The molecule has 3 rings (SSSR count). The molecule has 0 bridgehead atoms. The Hall–Kier alpha value is -2.70. The highest BCUT2D eigenvalue weighted by molar-refractivity contribution is 5.93. The fourth-order valence-electron chi connectivity index (χ4n) is 1.68. The summed E-state index contributed by atoms with van der Waals surface area (Å²) < 4.78 is 0. The van der Waals surface area contributed by atoms with Gasteiger partial charge in [0.1, 0.15) is 0 Å². The quantitative estimate of drug-likeness (QED) is 0.793. The first-order valence-corrected chi connectivity index (χ1v) is 6.32. The summed E-state index contributed by atoms with van der Waals surface area (Å²) in [6.07, 6.45) is 3.11. The van der Waals surface area contributed by atoms with Crippen LogP contribution >= 0.6 is 0 Å². The molecule has 0 atom stereocenters. The maximum Gasteiger partial charge on any atom is 0.291 e. The summed E-state index contributed by atoms with van der Waals surface area (Å²) in [4.78, 5) is 24.6. The molecule has 0 spiro atoms. The van der Waals surface area contributed by atoms with Crippen LogP contribution in [0.2, 0.25) is 0 Å². The molecule has 0 radical (unpaired) electrons. The van der Waals surface area contributed by atoms with E-state index in [-0.39, 0.29) is 17.5 Å². The van der Waals surface area contributed by atoms with E-state index in [1.807, 2.05) is 30.3 Å². The topological polar surface area (TPSA) is 88.9 Å². The second-order valence-electron chi connectivity index (χ2n) is 4.57. The molecule has 1 fully saturated rings. The van der Waals surface area contributed by atoms with Crippen LogP contribution in [0.15, 0.2) is 36.5 Å². The molecule has 1 aromatic carbocycles. The lowest BCUT2D eigenvalue weighted by Crippen LogP contribution is -2.42. The van der Waals surface area contributed by atoms with Gasteiger partial charge in [0.05, 0.1) is 11.9 Å². The van der Waals surface area contributed by atoms with Crippen molar-refractivity contribution in [2.24, 2.45) is 5.92 Å². The highest BCUT2D eigenvalue weighted by atomic mass is 16.2. The van der Waals surface area contributed by atoms with E-state index >= 15 is 0 Å². The molecule has 0 unspecified atom stereocenters. The average molecular weight is 271 g/mol. The van der Waals surface area contributed by atoms with E-state index in [2.05, 4.69) is 21.0 Å². The molecule has 0 saturated heterocycles. The zero-order chi connectivity index (χ0) is 13.9. The van der Waals surface area contributed by atoms with Crippen molar-refractivity contribution in [1.82, 2.24) is 25.8 Å². The molecule has 1 heterocycles. The van der Waals surface area contributed by atoms with Crippen LogP contribution in [0.4, 0.5) is 0 Å². The van der Waals surface area contributed by atoms with Crippen LogP contribution in [0.25, 0.3) is 5.69 Å². The molecular weight excluding hydrogens is 258 g/mol. The van der Waals surface area contributed by atoms with Gasteiger partial charge in [0.2, 0.25) is 5.91 Å². The second kappa shape index (κ2) is 5.12. The van der Waals surface area contributed by atoms with Crippen LogP contribution < -0.4 is 10.9 Å². The summed E-state index contributed by atoms with van der Waals surface area (Å²) in [6, 6.07) is 9.25. The highest BCUT2D eigenvalue weighted by Gasteiger charge is 2.29. The minimum atomic E-state index is -0.485. The van der Waals surface area contributed by atoms with Gasteiger partial charge >= 0.3 is 0 Å². The van der Waals surface area contributed by atoms with Crippen molar-refractivity contribution in [2.75, 3.05) is 0 Å². The number of carbonyl (C=O) groups excluding carboxylic acids is 2. The Kier molecular flexibility index (Phi) is 3.16. The number of hydrogen-bond donors (Lipinski definition) is 2. The molecule has 20 heavy (non-hydrogen) atoms. The van der Waals surface area contributed by atoms with E-state index in [9.17, 15) is 9.59 Å².